The van der Waals surface area contributed by atoms with Crippen molar-refractivity contribution in [2.75, 3.05) is 31.6 Å². The summed E-state index contributed by atoms with van der Waals surface area (Å²) in [5.41, 5.74) is 1.28. The molecule has 0 unspecified atom stereocenters. The Morgan fingerprint density at radius 1 is 1.08 bits per heavy atom. The molecular weight excluding hydrogens is 320 g/mol. The number of piperidine rings is 1. The lowest BCUT2D eigenvalue weighted by Gasteiger charge is -2.37. The summed E-state index contributed by atoms with van der Waals surface area (Å²) in [6, 6.07) is 13.2. The van der Waals surface area contributed by atoms with Crippen LogP contribution in [-0.2, 0) is 0 Å². The van der Waals surface area contributed by atoms with Crippen LogP contribution in [0.25, 0.3) is 6.08 Å². The molecule has 136 valence electrons. The molecule has 0 N–H and O–H groups in total. The molecule has 1 saturated heterocycles. The smallest absolute Gasteiger partial charge is 0.133 e. The molecule has 2 aromatic rings. The third-order valence-corrected chi connectivity index (χ3v) is 5.54. The molecule has 1 saturated carbocycles. The first-order valence-corrected chi connectivity index (χ1v) is 9.79. The van der Waals surface area contributed by atoms with E-state index in [2.05, 4.69) is 70.4 Å². The zero-order valence-corrected chi connectivity index (χ0v) is 15.6. The zero-order valence-electron chi connectivity index (χ0n) is 15.6. The van der Waals surface area contributed by atoms with Gasteiger partial charge in [0.25, 0.3) is 0 Å². The molecule has 1 aromatic heterocycles. The largest absolute Gasteiger partial charge is 0.356 e. The predicted octanol–water partition coefficient (Wildman–Crippen LogP) is 3.97. The fourth-order valence-corrected chi connectivity index (χ4v) is 3.68. The molecular formula is C22H28N4. The minimum Gasteiger partial charge on any atom is -0.356 e. The van der Waals surface area contributed by atoms with Crippen LogP contribution in [0.15, 0.2) is 48.7 Å². The van der Waals surface area contributed by atoms with Crippen molar-refractivity contribution in [2.24, 2.45) is 0 Å². The second kappa shape index (κ2) is 8.00. The molecule has 4 heteroatoms. The predicted molar refractivity (Wildman–Crippen MR) is 107 cm³/mol. The van der Waals surface area contributed by atoms with E-state index in [1.165, 1.54) is 31.2 Å². The highest BCUT2D eigenvalue weighted by Crippen LogP contribution is 2.38. The molecule has 2 fully saturated rings. The van der Waals surface area contributed by atoms with E-state index in [0.29, 0.717) is 12.0 Å². The second-order valence-corrected chi connectivity index (χ2v) is 7.50. The quantitative estimate of drug-likeness (QED) is 0.791. The molecule has 0 bridgehead atoms. The molecule has 1 aromatic carbocycles. The van der Waals surface area contributed by atoms with Crippen molar-refractivity contribution in [3.63, 3.8) is 0 Å². The third kappa shape index (κ3) is 4.31. The van der Waals surface area contributed by atoms with Gasteiger partial charge in [-0.05, 0) is 37.3 Å². The summed E-state index contributed by atoms with van der Waals surface area (Å²) in [5.74, 6) is 2.74. The van der Waals surface area contributed by atoms with Crippen LogP contribution in [0.1, 0.15) is 43.0 Å². The fourth-order valence-electron chi connectivity index (χ4n) is 3.68. The minimum absolute atomic E-state index is 0.575. The number of hydrogen-bond donors (Lipinski definition) is 0. The normalized spacial score (nSPS) is 19.1. The highest BCUT2D eigenvalue weighted by atomic mass is 15.2. The lowest BCUT2D eigenvalue weighted by Crippen LogP contribution is -2.43. The maximum absolute atomic E-state index is 4.80. The van der Waals surface area contributed by atoms with Crippen LogP contribution in [-0.4, -0.2) is 47.6 Å². The molecule has 2 aliphatic rings. The van der Waals surface area contributed by atoms with E-state index in [1.807, 2.05) is 6.20 Å². The number of nitrogens with zero attached hydrogens (tertiary/aromatic N) is 4. The van der Waals surface area contributed by atoms with E-state index in [1.54, 1.807) is 0 Å². The van der Waals surface area contributed by atoms with Gasteiger partial charge >= 0.3 is 0 Å². The Labute approximate surface area is 156 Å². The maximum atomic E-state index is 4.80. The van der Waals surface area contributed by atoms with E-state index in [0.717, 1.165) is 31.3 Å². The first-order valence-electron chi connectivity index (χ1n) is 9.79. The van der Waals surface area contributed by atoms with Gasteiger partial charge in [0.05, 0.1) is 0 Å². The van der Waals surface area contributed by atoms with E-state index >= 15 is 0 Å². The van der Waals surface area contributed by atoms with Gasteiger partial charge < -0.3 is 4.90 Å². The zero-order chi connectivity index (χ0) is 17.8. The Morgan fingerprint density at radius 2 is 1.85 bits per heavy atom. The van der Waals surface area contributed by atoms with E-state index in [-0.39, 0.29) is 0 Å². The van der Waals surface area contributed by atoms with Crippen molar-refractivity contribution >= 4 is 11.9 Å². The number of hydrogen-bond acceptors (Lipinski definition) is 4. The number of anilines is 1. The average molecular weight is 348 g/mol. The molecule has 0 radical (unpaired) electrons. The SMILES string of the molecule is CN(c1ccnc(C2CC2)n1)C1CCN(C/C=C/c2ccccc2)CC1. The van der Waals surface area contributed by atoms with Crippen molar-refractivity contribution in [3.05, 3.63) is 60.1 Å². The topological polar surface area (TPSA) is 32.3 Å². The minimum atomic E-state index is 0.575. The van der Waals surface area contributed by atoms with Crippen LogP contribution >= 0.6 is 0 Å². The number of benzene rings is 1. The highest BCUT2D eigenvalue weighted by molar-refractivity contribution is 5.48. The standard InChI is InChI=1S/C22H28N4/c1-25(21-11-14-23-22(24-21)19-9-10-19)20-12-16-26(17-13-20)15-5-8-18-6-3-2-4-7-18/h2-8,11,14,19-20H,9-10,12-13,15-17H2,1H3/b8-5+. The monoisotopic (exact) mass is 348 g/mol. The van der Waals surface area contributed by atoms with Crippen molar-refractivity contribution in [1.82, 2.24) is 14.9 Å². The van der Waals surface area contributed by atoms with Crippen LogP contribution in [0.3, 0.4) is 0 Å². The summed E-state index contributed by atoms with van der Waals surface area (Å²) in [6.45, 7) is 3.33. The van der Waals surface area contributed by atoms with Crippen molar-refractivity contribution < 1.29 is 0 Å². The van der Waals surface area contributed by atoms with Gasteiger partial charge in [-0.3, -0.25) is 4.90 Å². The van der Waals surface area contributed by atoms with Crippen LogP contribution in [0.2, 0.25) is 0 Å². The first kappa shape index (κ1) is 17.2. The van der Waals surface area contributed by atoms with Crippen LogP contribution in [0.5, 0.6) is 0 Å². The summed E-state index contributed by atoms with van der Waals surface area (Å²) in [6.07, 6.45) is 11.3. The number of likely N-dealkylation sites (tertiary alicyclic amines) is 1. The van der Waals surface area contributed by atoms with E-state index in [9.17, 15) is 0 Å². The Hall–Kier alpha value is -2.20. The summed E-state index contributed by atoms with van der Waals surface area (Å²) in [5, 5.41) is 0. The van der Waals surface area contributed by atoms with Crippen LogP contribution in [0, 0.1) is 0 Å². The molecule has 4 nitrogen and oxygen atoms in total. The molecule has 2 heterocycles. The first-order chi connectivity index (χ1) is 12.8. The fraction of sp³-hybridized carbons (Fsp3) is 0.455. The molecule has 0 amide bonds. The Kier molecular flexibility index (Phi) is 5.30. The van der Waals surface area contributed by atoms with Crippen LogP contribution in [0.4, 0.5) is 5.82 Å². The lowest BCUT2D eigenvalue weighted by molar-refractivity contribution is 0.230. The molecule has 1 aliphatic heterocycles. The van der Waals surface area contributed by atoms with Crippen molar-refractivity contribution in [1.29, 1.82) is 0 Å². The van der Waals surface area contributed by atoms with Gasteiger partial charge in [-0.25, -0.2) is 9.97 Å². The van der Waals surface area contributed by atoms with Gasteiger partial charge in [0.1, 0.15) is 11.6 Å². The van der Waals surface area contributed by atoms with Gasteiger partial charge in [-0.2, -0.15) is 0 Å². The van der Waals surface area contributed by atoms with Gasteiger partial charge in [-0.15, -0.1) is 0 Å². The maximum Gasteiger partial charge on any atom is 0.133 e. The summed E-state index contributed by atoms with van der Waals surface area (Å²) in [4.78, 5) is 14.2. The van der Waals surface area contributed by atoms with Gasteiger partial charge in [0.15, 0.2) is 0 Å². The number of rotatable bonds is 6. The highest BCUT2D eigenvalue weighted by Gasteiger charge is 2.28. The summed E-state index contributed by atoms with van der Waals surface area (Å²) in [7, 11) is 2.19. The molecule has 0 atom stereocenters. The average Bonchev–Trinajstić information content (AvgIpc) is 3.54. The Morgan fingerprint density at radius 3 is 2.58 bits per heavy atom. The summed E-state index contributed by atoms with van der Waals surface area (Å²) < 4.78 is 0. The summed E-state index contributed by atoms with van der Waals surface area (Å²) >= 11 is 0. The third-order valence-electron chi connectivity index (χ3n) is 5.54. The van der Waals surface area contributed by atoms with E-state index < -0.39 is 0 Å². The molecule has 26 heavy (non-hydrogen) atoms. The van der Waals surface area contributed by atoms with E-state index in [4.69, 9.17) is 4.98 Å². The second-order valence-electron chi connectivity index (χ2n) is 7.50. The Balaban J connectivity index is 1.27. The van der Waals surface area contributed by atoms with Crippen LogP contribution < -0.4 is 4.90 Å². The Bertz CT molecular complexity index is 731. The van der Waals surface area contributed by atoms with Gasteiger partial charge in [0, 0.05) is 44.8 Å². The lowest BCUT2D eigenvalue weighted by atomic mass is 10.0. The molecule has 4 rings (SSSR count). The number of aromatic nitrogens is 2. The molecule has 1 aliphatic carbocycles. The molecule has 0 spiro atoms. The van der Waals surface area contributed by atoms with Crippen molar-refractivity contribution in [2.45, 2.75) is 37.6 Å². The van der Waals surface area contributed by atoms with Gasteiger partial charge in [0.2, 0.25) is 0 Å². The van der Waals surface area contributed by atoms with Crippen molar-refractivity contribution in [3.8, 4) is 0 Å². The van der Waals surface area contributed by atoms with Gasteiger partial charge in [-0.1, -0.05) is 42.5 Å².